The number of halogens is 5. The van der Waals surface area contributed by atoms with Crippen molar-refractivity contribution in [2.45, 2.75) is 32.3 Å². The average Bonchev–Trinajstić information content (AvgIpc) is 2.76. The monoisotopic (exact) mass is 448 g/mol. The number of aryl methyl sites for hydroxylation is 1. The number of rotatable bonds is 9. The second-order valence-corrected chi connectivity index (χ2v) is 7.02. The fraction of sp³-hybridized carbons (Fsp3) is 0.200. The second kappa shape index (κ2) is 10.3. The van der Waals surface area contributed by atoms with Crippen molar-refractivity contribution in [1.29, 1.82) is 0 Å². The van der Waals surface area contributed by atoms with E-state index in [1.165, 1.54) is 17.7 Å². The molecule has 0 saturated heterocycles. The van der Waals surface area contributed by atoms with Gasteiger partial charge in [-0.25, -0.2) is 13.2 Å². The Balaban J connectivity index is 1.70. The van der Waals surface area contributed by atoms with Gasteiger partial charge in [0.15, 0.2) is 11.6 Å². The summed E-state index contributed by atoms with van der Waals surface area (Å²) in [5.41, 5.74) is 2.49. The van der Waals surface area contributed by atoms with Crippen LogP contribution in [0.5, 0.6) is 11.5 Å². The molecule has 0 radical (unpaired) electrons. The highest BCUT2D eigenvalue weighted by atomic mass is 19.3. The molecule has 32 heavy (non-hydrogen) atoms. The van der Waals surface area contributed by atoms with Gasteiger partial charge in [0.1, 0.15) is 5.75 Å². The van der Waals surface area contributed by atoms with Crippen molar-refractivity contribution >= 4 is 0 Å². The zero-order valence-corrected chi connectivity index (χ0v) is 17.2. The lowest BCUT2D eigenvalue weighted by atomic mass is 10.0. The first-order chi connectivity index (χ1) is 15.3. The Kier molecular flexibility index (Phi) is 7.51. The summed E-state index contributed by atoms with van der Waals surface area (Å²) in [5, 5.41) is 0. The molecule has 0 spiro atoms. The highest BCUT2D eigenvalue weighted by Crippen LogP contribution is 2.34. The van der Waals surface area contributed by atoms with Gasteiger partial charge in [-0.15, -0.1) is 0 Å². The average molecular weight is 448 g/mol. The van der Waals surface area contributed by atoms with Crippen LogP contribution >= 0.6 is 0 Å². The Morgan fingerprint density at radius 1 is 0.906 bits per heavy atom. The van der Waals surface area contributed by atoms with E-state index in [0.717, 1.165) is 36.1 Å². The molecular formula is C25H21F5O2. The molecule has 3 aromatic rings. The quantitative estimate of drug-likeness (QED) is 0.246. The maximum absolute atomic E-state index is 14.6. The fourth-order valence-electron chi connectivity index (χ4n) is 3.03. The Labute approximate surface area is 182 Å². The van der Waals surface area contributed by atoms with E-state index in [1.807, 2.05) is 24.3 Å². The number of benzene rings is 3. The van der Waals surface area contributed by atoms with Crippen LogP contribution in [0.15, 0.2) is 79.1 Å². The van der Waals surface area contributed by atoms with Crippen LogP contribution < -0.4 is 9.47 Å². The zero-order chi connectivity index (χ0) is 23.1. The summed E-state index contributed by atoms with van der Waals surface area (Å²) in [7, 11) is 0. The molecule has 0 atom stereocenters. The molecule has 3 aromatic carbocycles. The van der Waals surface area contributed by atoms with Gasteiger partial charge in [-0.3, -0.25) is 0 Å². The predicted molar refractivity (Wildman–Crippen MR) is 113 cm³/mol. The third-order valence-electron chi connectivity index (χ3n) is 4.62. The summed E-state index contributed by atoms with van der Waals surface area (Å²) >= 11 is 0. The van der Waals surface area contributed by atoms with Crippen LogP contribution in [0.2, 0.25) is 0 Å². The first-order valence-electron chi connectivity index (χ1n) is 9.96. The van der Waals surface area contributed by atoms with Gasteiger partial charge < -0.3 is 9.47 Å². The topological polar surface area (TPSA) is 18.5 Å². The van der Waals surface area contributed by atoms with Gasteiger partial charge in [-0.2, -0.15) is 8.78 Å². The first kappa shape index (κ1) is 23.3. The summed E-state index contributed by atoms with van der Waals surface area (Å²) < 4.78 is 76.6. The molecule has 168 valence electrons. The normalized spacial score (nSPS) is 11.8. The standard InChI is InChI=1S/C25H21F5O2/c1-2-3-17-4-6-18(7-5-17)19-8-10-20(11-9-19)25(29,30)32-21-12-13-23(22(26)16-21)31-15-14-24(27)28/h4-16,24H,2-3H2,1H3. The predicted octanol–water partition coefficient (Wildman–Crippen LogP) is 7.73. The minimum Gasteiger partial charge on any atom is -0.462 e. The molecular weight excluding hydrogens is 427 g/mol. The lowest BCUT2D eigenvalue weighted by Crippen LogP contribution is -2.21. The number of hydrogen-bond donors (Lipinski definition) is 0. The van der Waals surface area contributed by atoms with Crippen LogP contribution in [0, 0.1) is 5.82 Å². The molecule has 0 unspecified atom stereocenters. The molecule has 0 aliphatic rings. The van der Waals surface area contributed by atoms with E-state index in [9.17, 15) is 22.0 Å². The summed E-state index contributed by atoms with van der Waals surface area (Å²) in [6.07, 6.45) is -3.42. The van der Waals surface area contributed by atoms with Gasteiger partial charge in [0.25, 0.3) is 6.43 Å². The van der Waals surface area contributed by atoms with Gasteiger partial charge >= 0.3 is 6.11 Å². The Morgan fingerprint density at radius 2 is 1.53 bits per heavy atom. The zero-order valence-electron chi connectivity index (χ0n) is 17.2. The van der Waals surface area contributed by atoms with Gasteiger partial charge in [0.2, 0.25) is 0 Å². The van der Waals surface area contributed by atoms with Gasteiger partial charge in [0, 0.05) is 12.1 Å². The van der Waals surface area contributed by atoms with E-state index >= 15 is 0 Å². The molecule has 7 heteroatoms. The van der Waals surface area contributed by atoms with Gasteiger partial charge in [0.05, 0.1) is 11.8 Å². The lowest BCUT2D eigenvalue weighted by Gasteiger charge is -2.19. The number of hydrogen-bond acceptors (Lipinski definition) is 2. The fourth-order valence-corrected chi connectivity index (χ4v) is 3.03. The van der Waals surface area contributed by atoms with E-state index in [0.29, 0.717) is 18.4 Å². The highest BCUT2D eigenvalue weighted by Gasteiger charge is 2.34. The molecule has 0 N–H and O–H groups in total. The van der Waals surface area contributed by atoms with Crippen molar-refractivity contribution < 1.29 is 31.4 Å². The number of alkyl halides is 4. The van der Waals surface area contributed by atoms with Crippen molar-refractivity contribution in [2.75, 3.05) is 0 Å². The van der Waals surface area contributed by atoms with Crippen LogP contribution in [0.4, 0.5) is 22.0 Å². The van der Waals surface area contributed by atoms with Crippen molar-refractivity contribution in [1.82, 2.24) is 0 Å². The van der Waals surface area contributed by atoms with E-state index in [-0.39, 0.29) is 0 Å². The molecule has 0 heterocycles. The third kappa shape index (κ3) is 6.09. The van der Waals surface area contributed by atoms with Crippen LogP contribution in [-0.4, -0.2) is 6.43 Å². The summed E-state index contributed by atoms with van der Waals surface area (Å²) in [4.78, 5) is 0. The van der Waals surface area contributed by atoms with Gasteiger partial charge in [-0.05, 0) is 47.4 Å². The lowest BCUT2D eigenvalue weighted by molar-refractivity contribution is -0.185. The van der Waals surface area contributed by atoms with Gasteiger partial charge in [-0.1, -0.05) is 49.7 Å². The molecule has 0 bridgehead atoms. The largest absolute Gasteiger partial charge is 0.462 e. The Hall–Kier alpha value is -3.35. The first-order valence-corrected chi connectivity index (χ1v) is 9.96. The van der Waals surface area contributed by atoms with E-state index < -0.39 is 35.4 Å². The van der Waals surface area contributed by atoms with Crippen LogP contribution in [0.25, 0.3) is 11.1 Å². The highest BCUT2D eigenvalue weighted by molar-refractivity contribution is 5.64. The van der Waals surface area contributed by atoms with Crippen molar-refractivity contribution in [3.8, 4) is 22.6 Å². The molecule has 0 aliphatic carbocycles. The SMILES string of the molecule is CCCc1ccc(-c2ccc(C(F)(F)Oc3ccc(OC=CC(F)F)c(F)c3)cc2)cc1. The molecule has 0 saturated carbocycles. The second-order valence-electron chi connectivity index (χ2n) is 7.02. The Morgan fingerprint density at radius 3 is 2.09 bits per heavy atom. The van der Waals surface area contributed by atoms with Crippen LogP contribution in [0.1, 0.15) is 24.5 Å². The van der Waals surface area contributed by atoms with Crippen LogP contribution in [-0.2, 0) is 12.5 Å². The van der Waals surface area contributed by atoms with Crippen molar-refractivity contribution in [2.24, 2.45) is 0 Å². The molecule has 0 fully saturated rings. The molecule has 2 nitrogen and oxygen atoms in total. The summed E-state index contributed by atoms with van der Waals surface area (Å²) in [6.45, 7) is 2.10. The number of allylic oxidation sites excluding steroid dienone is 1. The maximum Gasteiger partial charge on any atom is 0.426 e. The van der Waals surface area contributed by atoms with Crippen LogP contribution in [0.3, 0.4) is 0 Å². The molecule has 0 amide bonds. The van der Waals surface area contributed by atoms with Crippen molar-refractivity contribution in [3.05, 3.63) is 96.0 Å². The third-order valence-corrected chi connectivity index (χ3v) is 4.62. The molecule has 3 rings (SSSR count). The van der Waals surface area contributed by atoms with E-state index in [1.54, 1.807) is 12.1 Å². The summed E-state index contributed by atoms with van der Waals surface area (Å²) in [6, 6.07) is 16.3. The van der Waals surface area contributed by atoms with Crippen molar-refractivity contribution in [3.63, 3.8) is 0 Å². The molecule has 0 aliphatic heterocycles. The minimum absolute atomic E-state index is 0.396. The minimum atomic E-state index is -3.71. The number of ether oxygens (including phenoxy) is 2. The maximum atomic E-state index is 14.6. The van der Waals surface area contributed by atoms with E-state index in [4.69, 9.17) is 4.74 Å². The Bertz CT molecular complexity index is 1040. The summed E-state index contributed by atoms with van der Waals surface area (Å²) in [5.74, 6) is -1.86. The van der Waals surface area contributed by atoms with E-state index in [2.05, 4.69) is 11.7 Å². The molecule has 0 aromatic heterocycles. The smallest absolute Gasteiger partial charge is 0.426 e.